The van der Waals surface area contributed by atoms with Gasteiger partial charge in [0.05, 0.1) is 6.10 Å². The van der Waals surface area contributed by atoms with Gasteiger partial charge in [-0.1, -0.05) is 70.4 Å². The van der Waals surface area contributed by atoms with E-state index in [2.05, 4.69) is 73.5 Å². The van der Waals surface area contributed by atoms with Gasteiger partial charge >= 0.3 is 0 Å². The van der Waals surface area contributed by atoms with Crippen LogP contribution in [0.2, 0.25) is 0 Å². The molecule has 0 spiro atoms. The lowest BCUT2D eigenvalue weighted by atomic mass is 9.77. The molecule has 5 nitrogen and oxygen atoms in total. The zero-order chi connectivity index (χ0) is 26.0. The van der Waals surface area contributed by atoms with Crippen LogP contribution in [-0.2, 0) is 18.4 Å². The van der Waals surface area contributed by atoms with E-state index in [0.717, 1.165) is 48.7 Å². The number of anilines is 1. The lowest BCUT2D eigenvalue weighted by Gasteiger charge is -2.41. The molecule has 1 saturated carbocycles. The highest BCUT2D eigenvalue weighted by Crippen LogP contribution is 2.36. The maximum absolute atomic E-state index is 13.6. The highest BCUT2D eigenvalue weighted by atomic mass is 16.3. The predicted octanol–water partition coefficient (Wildman–Crippen LogP) is 5.61. The largest absolute Gasteiger partial charge is 0.390 e. The Morgan fingerprint density at radius 3 is 2.62 bits per heavy atom. The molecule has 2 heterocycles. The van der Waals surface area contributed by atoms with E-state index in [4.69, 9.17) is 0 Å². The SMILES string of the molecule is CCC(CCC1CCC1)Nc1ccc2c(c1)C(=O)N(CC(O)CN1CCc3ccccc3C1)CC2(C)C. The molecule has 0 radical (unpaired) electrons. The zero-order valence-electron chi connectivity index (χ0n) is 23.0. The number of rotatable bonds is 10. The first-order chi connectivity index (χ1) is 17.8. The van der Waals surface area contributed by atoms with Crippen LogP contribution in [0.15, 0.2) is 42.5 Å². The summed E-state index contributed by atoms with van der Waals surface area (Å²) in [6.07, 6.45) is 8.22. The highest BCUT2D eigenvalue weighted by molar-refractivity contribution is 5.98. The van der Waals surface area contributed by atoms with Crippen molar-refractivity contribution < 1.29 is 9.90 Å². The van der Waals surface area contributed by atoms with E-state index in [0.29, 0.717) is 25.7 Å². The lowest BCUT2D eigenvalue weighted by Crippen LogP contribution is -2.51. The van der Waals surface area contributed by atoms with Crippen molar-refractivity contribution in [2.24, 2.45) is 5.92 Å². The first kappa shape index (κ1) is 26.2. The van der Waals surface area contributed by atoms with Crippen LogP contribution in [0, 0.1) is 5.92 Å². The highest BCUT2D eigenvalue weighted by Gasteiger charge is 2.37. The molecule has 2 unspecified atom stereocenters. The van der Waals surface area contributed by atoms with E-state index >= 15 is 0 Å². The van der Waals surface area contributed by atoms with Crippen LogP contribution in [0.5, 0.6) is 0 Å². The third-order valence-corrected chi connectivity index (χ3v) is 8.97. The van der Waals surface area contributed by atoms with Gasteiger partial charge in [-0.2, -0.15) is 0 Å². The van der Waals surface area contributed by atoms with Crippen molar-refractivity contribution >= 4 is 11.6 Å². The minimum atomic E-state index is -0.566. The Balaban J connectivity index is 1.23. The molecule has 2 atom stereocenters. The summed E-state index contributed by atoms with van der Waals surface area (Å²) in [5, 5.41) is 14.7. The summed E-state index contributed by atoms with van der Waals surface area (Å²) in [5.74, 6) is 0.963. The average Bonchev–Trinajstić information content (AvgIpc) is 2.85. The molecule has 0 saturated heterocycles. The minimum Gasteiger partial charge on any atom is -0.390 e. The zero-order valence-corrected chi connectivity index (χ0v) is 23.0. The summed E-state index contributed by atoms with van der Waals surface area (Å²) < 4.78 is 0. The van der Waals surface area contributed by atoms with Crippen molar-refractivity contribution in [1.82, 2.24) is 9.80 Å². The van der Waals surface area contributed by atoms with Gasteiger partial charge in [-0.3, -0.25) is 9.69 Å². The molecule has 0 aromatic heterocycles. The minimum absolute atomic E-state index is 0.0449. The number of fused-ring (bicyclic) bond motifs is 2. The van der Waals surface area contributed by atoms with E-state index in [1.54, 1.807) is 0 Å². The number of nitrogens with zero attached hydrogens (tertiary/aromatic N) is 2. The van der Waals surface area contributed by atoms with Gasteiger partial charge in [-0.05, 0) is 60.4 Å². The van der Waals surface area contributed by atoms with Crippen molar-refractivity contribution in [1.29, 1.82) is 0 Å². The van der Waals surface area contributed by atoms with Crippen LogP contribution in [0.1, 0.15) is 86.3 Å². The number of β-amino-alcohol motifs (C(OH)–C–C–N with tert-alkyl or cyclic N) is 1. The van der Waals surface area contributed by atoms with Crippen molar-refractivity contribution in [2.45, 2.75) is 89.8 Å². The van der Waals surface area contributed by atoms with Crippen LogP contribution >= 0.6 is 0 Å². The summed E-state index contributed by atoms with van der Waals surface area (Å²) in [7, 11) is 0. The number of hydrogen-bond donors (Lipinski definition) is 2. The number of aliphatic hydroxyl groups is 1. The maximum Gasteiger partial charge on any atom is 0.254 e. The molecule has 5 rings (SSSR count). The number of hydrogen-bond acceptors (Lipinski definition) is 4. The van der Waals surface area contributed by atoms with Gasteiger partial charge in [0.2, 0.25) is 0 Å². The van der Waals surface area contributed by atoms with Crippen LogP contribution < -0.4 is 5.32 Å². The van der Waals surface area contributed by atoms with E-state index in [1.807, 2.05) is 4.90 Å². The number of amides is 1. The molecule has 200 valence electrons. The van der Waals surface area contributed by atoms with Crippen LogP contribution in [0.25, 0.3) is 0 Å². The summed E-state index contributed by atoms with van der Waals surface area (Å²) >= 11 is 0. The predicted molar refractivity (Wildman–Crippen MR) is 151 cm³/mol. The topological polar surface area (TPSA) is 55.8 Å². The van der Waals surface area contributed by atoms with Gasteiger partial charge in [-0.25, -0.2) is 0 Å². The molecule has 37 heavy (non-hydrogen) atoms. The maximum atomic E-state index is 13.6. The monoisotopic (exact) mass is 503 g/mol. The van der Waals surface area contributed by atoms with Gasteiger partial charge in [0.1, 0.15) is 0 Å². The third-order valence-electron chi connectivity index (χ3n) is 8.97. The Morgan fingerprint density at radius 2 is 1.89 bits per heavy atom. The molecule has 1 fully saturated rings. The summed E-state index contributed by atoms with van der Waals surface area (Å²) in [4.78, 5) is 17.8. The van der Waals surface area contributed by atoms with Gasteiger partial charge < -0.3 is 15.3 Å². The summed E-state index contributed by atoms with van der Waals surface area (Å²) in [6.45, 7) is 10.1. The lowest BCUT2D eigenvalue weighted by molar-refractivity contribution is 0.0431. The van der Waals surface area contributed by atoms with E-state index in [9.17, 15) is 9.90 Å². The smallest absolute Gasteiger partial charge is 0.254 e. The van der Waals surface area contributed by atoms with E-state index in [-0.39, 0.29) is 11.3 Å². The van der Waals surface area contributed by atoms with E-state index in [1.165, 1.54) is 43.2 Å². The average molecular weight is 504 g/mol. The van der Waals surface area contributed by atoms with E-state index < -0.39 is 6.10 Å². The molecule has 2 aromatic carbocycles. The number of carbonyl (C=O) groups excluding carboxylic acids is 1. The molecule has 0 bridgehead atoms. The first-order valence-electron chi connectivity index (χ1n) is 14.5. The Labute approximate surface area is 223 Å². The molecule has 2 aromatic rings. The number of carbonyl (C=O) groups is 1. The van der Waals surface area contributed by atoms with Crippen LogP contribution in [-0.4, -0.2) is 59.1 Å². The Bertz CT molecular complexity index is 1090. The van der Waals surface area contributed by atoms with Crippen molar-refractivity contribution in [3.8, 4) is 0 Å². The fourth-order valence-electron chi connectivity index (χ4n) is 6.51. The molecule has 1 amide bonds. The van der Waals surface area contributed by atoms with Gasteiger partial charge in [-0.15, -0.1) is 0 Å². The summed E-state index contributed by atoms with van der Waals surface area (Å²) in [5.41, 5.74) is 5.55. The standard InChI is InChI=1S/C32H45N3O2/c1-4-26(13-12-23-8-7-9-23)33-27-14-15-30-29(18-27)31(37)35(22-32(30,2)3)21-28(36)20-34-17-16-24-10-5-6-11-25(24)19-34/h5-6,10-11,14-15,18,23,26,28,33,36H,4,7-9,12-13,16-17,19-22H2,1-3H3. The fourth-order valence-corrected chi connectivity index (χ4v) is 6.51. The summed E-state index contributed by atoms with van der Waals surface area (Å²) in [6, 6.07) is 15.4. The Kier molecular flexibility index (Phi) is 7.92. The fraction of sp³-hybridized carbons (Fsp3) is 0.594. The molecular weight excluding hydrogens is 458 g/mol. The molecule has 2 aliphatic heterocycles. The van der Waals surface area contributed by atoms with Crippen molar-refractivity contribution in [3.63, 3.8) is 0 Å². The Morgan fingerprint density at radius 1 is 1.11 bits per heavy atom. The van der Waals surface area contributed by atoms with Crippen LogP contribution in [0.3, 0.4) is 0 Å². The second-order valence-corrected chi connectivity index (χ2v) is 12.4. The number of aliphatic hydroxyl groups excluding tert-OH is 1. The Hall–Kier alpha value is -2.37. The molecule has 3 aliphatic rings. The third kappa shape index (κ3) is 6.04. The molecule has 2 N–H and O–H groups in total. The van der Waals surface area contributed by atoms with Crippen molar-refractivity contribution in [3.05, 3.63) is 64.7 Å². The second-order valence-electron chi connectivity index (χ2n) is 12.4. The van der Waals surface area contributed by atoms with Gasteiger partial charge in [0.15, 0.2) is 0 Å². The molecule has 5 heteroatoms. The quantitative estimate of drug-likeness (QED) is 0.443. The molecular formula is C32H45N3O2. The second kappa shape index (κ2) is 11.2. The molecule has 1 aliphatic carbocycles. The van der Waals surface area contributed by atoms with Crippen molar-refractivity contribution in [2.75, 3.05) is 31.5 Å². The first-order valence-corrected chi connectivity index (χ1v) is 14.5. The van der Waals surface area contributed by atoms with Crippen LogP contribution in [0.4, 0.5) is 5.69 Å². The van der Waals surface area contributed by atoms with Gasteiger partial charge in [0, 0.05) is 55.4 Å². The number of benzene rings is 2. The number of nitrogens with one attached hydrogen (secondary N) is 1. The normalized spacial score (nSPS) is 21.1. The van der Waals surface area contributed by atoms with Gasteiger partial charge in [0.25, 0.3) is 5.91 Å².